The molecule has 0 radical (unpaired) electrons. The first-order valence-electron chi connectivity index (χ1n) is 7.40. The molecular weight excluding hydrogens is 296 g/mol. The fourth-order valence-corrected chi connectivity index (χ4v) is 2.27. The number of amides is 1. The molecule has 1 aromatic heterocycles. The van der Waals surface area contributed by atoms with Crippen LogP contribution in [0.15, 0.2) is 42.6 Å². The third-order valence-electron chi connectivity index (χ3n) is 3.50. The largest absolute Gasteiger partial charge is 0.497 e. The van der Waals surface area contributed by atoms with E-state index in [9.17, 15) is 4.79 Å². The SMILES string of the molecule is COc1cccc(NC(=O)c2ccc(OC3CCOC3)nc2)c1. The van der Waals surface area contributed by atoms with Gasteiger partial charge in [-0.15, -0.1) is 0 Å². The first kappa shape index (κ1) is 15.3. The van der Waals surface area contributed by atoms with Gasteiger partial charge in [0.25, 0.3) is 5.91 Å². The number of pyridine rings is 1. The number of nitrogens with one attached hydrogen (secondary N) is 1. The molecule has 1 N–H and O–H groups in total. The van der Waals surface area contributed by atoms with E-state index in [1.54, 1.807) is 31.4 Å². The van der Waals surface area contributed by atoms with Gasteiger partial charge < -0.3 is 19.5 Å². The molecule has 6 heteroatoms. The Kier molecular flexibility index (Phi) is 4.73. The van der Waals surface area contributed by atoms with Crippen LogP contribution in [0.3, 0.4) is 0 Å². The van der Waals surface area contributed by atoms with Crippen LogP contribution in [0, 0.1) is 0 Å². The summed E-state index contributed by atoms with van der Waals surface area (Å²) in [6, 6.07) is 10.6. The lowest BCUT2D eigenvalue weighted by atomic mass is 10.2. The summed E-state index contributed by atoms with van der Waals surface area (Å²) in [6.45, 7) is 1.30. The van der Waals surface area contributed by atoms with Gasteiger partial charge in [0.05, 0.1) is 25.9 Å². The third-order valence-corrected chi connectivity index (χ3v) is 3.50. The Morgan fingerprint density at radius 1 is 1.35 bits per heavy atom. The van der Waals surface area contributed by atoms with Gasteiger partial charge in [-0.05, 0) is 18.2 Å². The molecule has 0 spiro atoms. The summed E-state index contributed by atoms with van der Waals surface area (Å²) in [4.78, 5) is 16.4. The fraction of sp³-hybridized carbons (Fsp3) is 0.294. The zero-order valence-electron chi connectivity index (χ0n) is 12.8. The Morgan fingerprint density at radius 2 is 2.26 bits per heavy atom. The van der Waals surface area contributed by atoms with Gasteiger partial charge >= 0.3 is 0 Å². The third kappa shape index (κ3) is 3.98. The molecule has 23 heavy (non-hydrogen) atoms. The van der Waals surface area contributed by atoms with Crippen molar-refractivity contribution in [2.45, 2.75) is 12.5 Å². The number of hydrogen-bond donors (Lipinski definition) is 1. The maximum atomic E-state index is 12.2. The van der Waals surface area contributed by atoms with Crippen LogP contribution < -0.4 is 14.8 Å². The zero-order valence-corrected chi connectivity index (χ0v) is 12.8. The number of carbonyl (C=O) groups is 1. The van der Waals surface area contributed by atoms with Crippen molar-refractivity contribution in [1.29, 1.82) is 0 Å². The molecule has 120 valence electrons. The Morgan fingerprint density at radius 3 is 2.96 bits per heavy atom. The van der Waals surface area contributed by atoms with Crippen molar-refractivity contribution in [3.05, 3.63) is 48.2 Å². The lowest BCUT2D eigenvalue weighted by Crippen LogP contribution is -2.17. The van der Waals surface area contributed by atoms with Crippen LogP contribution in [0.4, 0.5) is 5.69 Å². The Hall–Kier alpha value is -2.60. The molecule has 1 aromatic carbocycles. The maximum Gasteiger partial charge on any atom is 0.257 e. The van der Waals surface area contributed by atoms with Crippen LogP contribution in [0.5, 0.6) is 11.6 Å². The average Bonchev–Trinajstić information content (AvgIpc) is 3.08. The number of hydrogen-bond acceptors (Lipinski definition) is 5. The first-order chi connectivity index (χ1) is 11.2. The summed E-state index contributed by atoms with van der Waals surface area (Å²) in [5.74, 6) is 0.948. The molecule has 1 atom stereocenters. The normalized spacial score (nSPS) is 16.8. The molecule has 1 aliphatic heterocycles. The molecule has 6 nitrogen and oxygen atoms in total. The summed E-state index contributed by atoms with van der Waals surface area (Å²) in [5.41, 5.74) is 1.13. The molecule has 1 fully saturated rings. The standard InChI is InChI=1S/C17H18N2O4/c1-21-14-4-2-3-13(9-14)19-17(20)12-5-6-16(18-10-12)23-15-7-8-22-11-15/h2-6,9-10,15H,7-8,11H2,1H3,(H,19,20). The molecule has 0 saturated carbocycles. The van der Waals surface area contributed by atoms with E-state index in [0.29, 0.717) is 36.1 Å². The van der Waals surface area contributed by atoms with Gasteiger partial charge in [-0.1, -0.05) is 6.07 Å². The van der Waals surface area contributed by atoms with E-state index < -0.39 is 0 Å². The molecule has 2 aromatic rings. The van der Waals surface area contributed by atoms with Crippen molar-refractivity contribution in [2.75, 3.05) is 25.6 Å². The minimum atomic E-state index is -0.235. The predicted molar refractivity (Wildman–Crippen MR) is 85.0 cm³/mol. The van der Waals surface area contributed by atoms with Gasteiger partial charge in [0.1, 0.15) is 11.9 Å². The van der Waals surface area contributed by atoms with Crippen molar-refractivity contribution in [1.82, 2.24) is 4.98 Å². The summed E-state index contributed by atoms with van der Waals surface area (Å²) in [5, 5.41) is 2.81. The number of anilines is 1. The minimum absolute atomic E-state index is 0.0407. The van der Waals surface area contributed by atoms with Crippen molar-refractivity contribution in [3.8, 4) is 11.6 Å². The zero-order chi connectivity index (χ0) is 16.1. The summed E-state index contributed by atoms with van der Waals surface area (Å²) in [6.07, 6.45) is 2.40. The highest BCUT2D eigenvalue weighted by Crippen LogP contribution is 2.18. The molecule has 1 saturated heterocycles. The van der Waals surface area contributed by atoms with Gasteiger partial charge in [0.2, 0.25) is 5.88 Å². The van der Waals surface area contributed by atoms with E-state index in [1.807, 2.05) is 12.1 Å². The number of carbonyl (C=O) groups excluding carboxylic acids is 1. The number of ether oxygens (including phenoxy) is 3. The molecule has 1 amide bonds. The molecule has 1 unspecified atom stereocenters. The highest BCUT2D eigenvalue weighted by molar-refractivity contribution is 6.04. The second-order valence-corrected chi connectivity index (χ2v) is 5.17. The lowest BCUT2D eigenvalue weighted by molar-refractivity contribution is 0.102. The molecule has 2 heterocycles. The number of methoxy groups -OCH3 is 1. The summed E-state index contributed by atoms with van der Waals surface area (Å²) >= 11 is 0. The van der Waals surface area contributed by atoms with Crippen molar-refractivity contribution in [2.24, 2.45) is 0 Å². The number of rotatable bonds is 5. The maximum absolute atomic E-state index is 12.2. The second kappa shape index (κ2) is 7.11. The first-order valence-corrected chi connectivity index (χ1v) is 7.40. The van der Waals surface area contributed by atoms with Gasteiger partial charge in [0.15, 0.2) is 0 Å². The minimum Gasteiger partial charge on any atom is -0.497 e. The van der Waals surface area contributed by atoms with Crippen molar-refractivity contribution < 1.29 is 19.0 Å². The highest BCUT2D eigenvalue weighted by atomic mass is 16.5. The van der Waals surface area contributed by atoms with Gasteiger partial charge in [-0.2, -0.15) is 0 Å². The van der Waals surface area contributed by atoms with Crippen LogP contribution in [-0.4, -0.2) is 37.3 Å². The number of nitrogens with zero attached hydrogens (tertiary/aromatic N) is 1. The highest BCUT2D eigenvalue weighted by Gasteiger charge is 2.17. The Bertz CT molecular complexity index is 667. The molecule has 0 aliphatic carbocycles. The topological polar surface area (TPSA) is 69.7 Å². The summed E-state index contributed by atoms with van der Waals surface area (Å²) < 4.78 is 16.1. The van der Waals surface area contributed by atoms with Gasteiger partial charge in [-0.25, -0.2) is 4.98 Å². The second-order valence-electron chi connectivity index (χ2n) is 5.17. The van der Waals surface area contributed by atoms with E-state index in [4.69, 9.17) is 14.2 Å². The monoisotopic (exact) mass is 314 g/mol. The van der Waals surface area contributed by atoms with Gasteiger partial charge in [0, 0.05) is 30.4 Å². The molecular formula is C17H18N2O4. The summed E-state index contributed by atoms with van der Waals surface area (Å²) in [7, 11) is 1.58. The van der Waals surface area contributed by atoms with Crippen LogP contribution in [0.25, 0.3) is 0 Å². The molecule has 3 rings (SSSR count). The van der Waals surface area contributed by atoms with Gasteiger partial charge in [-0.3, -0.25) is 4.79 Å². The van der Waals surface area contributed by atoms with E-state index in [0.717, 1.165) is 6.42 Å². The predicted octanol–water partition coefficient (Wildman–Crippen LogP) is 2.51. The van der Waals surface area contributed by atoms with E-state index in [-0.39, 0.29) is 12.0 Å². The van der Waals surface area contributed by atoms with Crippen molar-refractivity contribution in [3.63, 3.8) is 0 Å². The lowest BCUT2D eigenvalue weighted by Gasteiger charge is -2.11. The number of benzene rings is 1. The molecule has 0 bridgehead atoms. The van der Waals surface area contributed by atoms with Crippen LogP contribution in [-0.2, 0) is 4.74 Å². The number of aromatic nitrogens is 1. The van der Waals surface area contributed by atoms with Crippen LogP contribution in [0.1, 0.15) is 16.8 Å². The average molecular weight is 314 g/mol. The Balaban J connectivity index is 1.62. The van der Waals surface area contributed by atoms with Crippen LogP contribution >= 0.6 is 0 Å². The van der Waals surface area contributed by atoms with Crippen molar-refractivity contribution >= 4 is 11.6 Å². The van der Waals surface area contributed by atoms with E-state index >= 15 is 0 Å². The Labute approximate surface area is 134 Å². The van der Waals surface area contributed by atoms with E-state index in [1.165, 1.54) is 6.20 Å². The van der Waals surface area contributed by atoms with E-state index in [2.05, 4.69) is 10.3 Å². The quantitative estimate of drug-likeness (QED) is 0.918. The fourth-order valence-electron chi connectivity index (χ4n) is 2.27. The van der Waals surface area contributed by atoms with Crippen LogP contribution in [0.2, 0.25) is 0 Å². The smallest absolute Gasteiger partial charge is 0.257 e. The molecule has 1 aliphatic rings.